The Labute approximate surface area is 252 Å². The molecule has 3 aromatic rings. The number of aromatic nitrogens is 2. The Balaban J connectivity index is 0.000000260. The molecule has 0 bridgehead atoms. The molecule has 1 aromatic heterocycles. The van der Waals surface area contributed by atoms with Crippen molar-refractivity contribution in [2.75, 3.05) is 5.32 Å². The van der Waals surface area contributed by atoms with Crippen LogP contribution in [0, 0.1) is 19.8 Å². The fourth-order valence-electron chi connectivity index (χ4n) is 5.38. The number of fused-ring (bicyclic) bond motifs is 1. The van der Waals surface area contributed by atoms with Crippen LogP contribution in [0.2, 0.25) is 0 Å². The van der Waals surface area contributed by atoms with Crippen molar-refractivity contribution in [3.05, 3.63) is 82.2 Å². The molecule has 0 saturated heterocycles. The van der Waals surface area contributed by atoms with E-state index in [1.54, 1.807) is 24.3 Å². The molecule has 0 unspecified atom stereocenters. The van der Waals surface area contributed by atoms with E-state index in [-0.39, 0.29) is 11.6 Å². The molecule has 0 fully saturated rings. The molecular weight excluding hydrogens is 522 g/mol. The summed E-state index contributed by atoms with van der Waals surface area (Å²) >= 11 is 0. The number of amidine groups is 1. The molecule has 2 heterocycles. The first-order chi connectivity index (χ1) is 20.1. The highest BCUT2D eigenvalue weighted by Crippen LogP contribution is 2.28. The van der Waals surface area contributed by atoms with E-state index in [1.165, 1.54) is 41.6 Å². The second-order valence-electron chi connectivity index (χ2n) is 11.8. The molecule has 0 radical (unpaired) electrons. The van der Waals surface area contributed by atoms with Crippen LogP contribution in [-0.2, 0) is 13.1 Å². The molecule has 0 saturated carbocycles. The zero-order chi connectivity index (χ0) is 30.6. The zero-order valence-corrected chi connectivity index (χ0v) is 26.3. The first kappa shape index (κ1) is 32.7. The molecule has 8 heteroatoms. The van der Waals surface area contributed by atoms with E-state index in [4.69, 9.17) is 16.6 Å². The highest BCUT2D eigenvalue weighted by atomic mass is 16.1. The van der Waals surface area contributed by atoms with Crippen LogP contribution < -0.4 is 16.9 Å². The Morgan fingerprint density at radius 1 is 1.02 bits per heavy atom. The van der Waals surface area contributed by atoms with Crippen LogP contribution in [0.1, 0.15) is 105 Å². The number of nitrogens with zero attached hydrogens (tertiary/aromatic N) is 4. The molecule has 0 spiro atoms. The van der Waals surface area contributed by atoms with Gasteiger partial charge in [0.2, 0.25) is 5.95 Å². The summed E-state index contributed by atoms with van der Waals surface area (Å²) in [6.45, 7) is 15.1. The maximum Gasteiger partial charge on any atom is 0.227 e. The van der Waals surface area contributed by atoms with E-state index in [2.05, 4.69) is 80.0 Å². The van der Waals surface area contributed by atoms with Crippen molar-refractivity contribution >= 4 is 23.3 Å². The predicted octanol–water partition coefficient (Wildman–Crippen LogP) is 7.01. The van der Waals surface area contributed by atoms with Gasteiger partial charge >= 0.3 is 0 Å². The molecule has 1 aliphatic rings. The predicted molar refractivity (Wildman–Crippen MR) is 174 cm³/mol. The van der Waals surface area contributed by atoms with Crippen LogP contribution in [0.4, 0.5) is 11.6 Å². The molecular formula is C34H49N7O. The number of nitrogens with two attached hydrogens (primary N) is 2. The lowest BCUT2D eigenvalue weighted by atomic mass is 9.99. The van der Waals surface area contributed by atoms with Crippen molar-refractivity contribution < 1.29 is 4.79 Å². The van der Waals surface area contributed by atoms with Crippen LogP contribution in [0.5, 0.6) is 0 Å². The minimum Gasteiger partial charge on any atom is -0.382 e. The highest BCUT2D eigenvalue weighted by molar-refractivity contribution is 6.00. The summed E-state index contributed by atoms with van der Waals surface area (Å²) in [5.74, 6) is 6.92. The van der Waals surface area contributed by atoms with Crippen LogP contribution in [0.3, 0.4) is 0 Å². The molecule has 4 rings (SSSR count). The first-order valence-corrected chi connectivity index (χ1v) is 15.2. The number of Topliss-reactive ketones (excluding diaryl/α,β-unsaturated/α-hetero) is 1. The number of carbonyl (C=O) groups excluding carboxylic acids is 1. The van der Waals surface area contributed by atoms with Crippen molar-refractivity contribution in [2.24, 2.45) is 22.6 Å². The van der Waals surface area contributed by atoms with E-state index in [0.29, 0.717) is 24.0 Å². The van der Waals surface area contributed by atoms with E-state index in [9.17, 15) is 4.79 Å². The minimum atomic E-state index is 0.164. The third-order valence-electron chi connectivity index (χ3n) is 7.44. The second-order valence-corrected chi connectivity index (χ2v) is 11.8. The number of anilines is 2. The van der Waals surface area contributed by atoms with Crippen LogP contribution >= 0.6 is 0 Å². The van der Waals surface area contributed by atoms with Gasteiger partial charge in [0.05, 0.1) is 5.69 Å². The Hall–Kier alpha value is -3.78. The number of nitrogens with one attached hydrogen (secondary N) is 1. The molecule has 8 nitrogen and oxygen atoms in total. The lowest BCUT2D eigenvalue weighted by Gasteiger charge is -2.28. The number of ketones is 1. The Bertz CT molecular complexity index is 1310. The van der Waals surface area contributed by atoms with Gasteiger partial charge in [-0.3, -0.25) is 9.69 Å². The quantitative estimate of drug-likeness (QED) is 0.0703. The number of aryl methyl sites for hydroxylation is 2. The van der Waals surface area contributed by atoms with Gasteiger partial charge in [-0.05, 0) is 62.3 Å². The van der Waals surface area contributed by atoms with Gasteiger partial charge in [-0.15, -0.1) is 0 Å². The van der Waals surface area contributed by atoms with E-state index in [0.717, 1.165) is 43.1 Å². The Kier molecular flexibility index (Phi) is 12.5. The van der Waals surface area contributed by atoms with Gasteiger partial charge in [0.25, 0.3) is 0 Å². The normalized spacial score (nSPS) is 13.8. The summed E-state index contributed by atoms with van der Waals surface area (Å²) in [7, 11) is 0. The minimum absolute atomic E-state index is 0.164. The molecule has 1 atom stereocenters. The lowest BCUT2D eigenvalue weighted by Crippen LogP contribution is -2.31. The third kappa shape index (κ3) is 9.65. The molecule has 5 N–H and O–H groups in total. The maximum atomic E-state index is 11.7. The van der Waals surface area contributed by atoms with Gasteiger partial charge < -0.3 is 16.9 Å². The fraction of sp³-hybridized carbons (Fsp3) is 0.471. The number of rotatable bonds is 12. The second kappa shape index (κ2) is 16.0. The summed E-state index contributed by atoms with van der Waals surface area (Å²) in [6, 6.07) is 14.1. The number of carbonyl (C=O) groups is 1. The number of hydrogen-bond acceptors (Lipinski definition) is 7. The smallest absolute Gasteiger partial charge is 0.227 e. The lowest BCUT2D eigenvalue weighted by molar-refractivity contribution is 0.0979. The summed E-state index contributed by atoms with van der Waals surface area (Å²) in [5.41, 5.74) is 13.0. The largest absolute Gasteiger partial charge is 0.382 e. The van der Waals surface area contributed by atoms with Crippen molar-refractivity contribution in [2.45, 2.75) is 99.2 Å². The van der Waals surface area contributed by atoms with Crippen LogP contribution in [-0.4, -0.2) is 32.5 Å². The van der Waals surface area contributed by atoms with E-state index in [1.807, 2.05) is 6.20 Å². The third-order valence-corrected chi connectivity index (χ3v) is 7.44. The van der Waals surface area contributed by atoms with Crippen molar-refractivity contribution in [1.29, 1.82) is 0 Å². The molecule has 1 aliphatic heterocycles. The van der Waals surface area contributed by atoms with Crippen LogP contribution in [0.25, 0.3) is 0 Å². The summed E-state index contributed by atoms with van der Waals surface area (Å²) in [5, 5.41) is 6.77. The molecule has 226 valence electrons. The van der Waals surface area contributed by atoms with Gasteiger partial charge in [-0.1, -0.05) is 70.9 Å². The van der Waals surface area contributed by atoms with Gasteiger partial charge in [-0.25, -0.2) is 9.97 Å². The van der Waals surface area contributed by atoms with E-state index < -0.39 is 0 Å². The number of hydrazone groups is 1. The monoisotopic (exact) mass is 571 g/mol. The SMILES string of the molecule is CCCCC(=O)c1ccc(/C(N)=N/N)cc1.CCC[C@H](CC(C)C)N1Cc2cnc(Nc3cc(C)cc(C)c3)nc2C1. The van der Waals surface area contributed by atoms with Crippen molar-refractivity contribution in [1.82, 2.24) is 14.9 Å². The van der Waals surface area contributed by atoms with Crippen LogP contribution in [0.15, 0.2) is 53.8 Å². The van der Waals surface area contributed by atoms with Gasteiger partial charge in [0.1, 0.15) is 5.84 Å². The van der Waals surface area contributed by atoms with Crippen molar-refractivity contribution in [3.8, 4) is 0 Å². The number of benzene rings is 2. The topological polar surface area (TPSA) is 123 Å². The summed E-state index contributed by atoms with van der Waals surface area (Å²) < 4.78 is 0. The van der Waals surface area contributed by atoms with Gasteiger partial charge in [-0.2, -0.15) is 5.10 Å². The number of hydrogen-bond donors (Lipinski definition) is 3. The molecule has 0 aliphatic carbocycles. The number of unbranched alkanes of at least 4 members (excludes halogenated alkanes) is 1. The standard InChI is InChI=1S/C22H32N4.C12H17N3O/c1-6-7-20(8-15(2)3)26-13-18-12-23-22(25-21(18)14-26)24-19-10-16(4)9-17(5)11-19;1-2-3-4-11(16)9-5-7-10(8-6-9)12(13)15-14/h9-12,15,20H,6-8,13-14H2,1-5H3,(H,23,24,25);5-8H,2-4,14H2,1H3,(H2,13,15)/t20-;/m1./s1. The summed E-state index contributed by atoms with van der Waals surface area (Å²) in [6.07, 6.45) is 8.29. The maximum absolute atomic E-state index is 11.7. The molecule has 2 aromatic carbocycles. The van der Waals surface area contributed by atoms with Gasteiger partial charge in [0.15, 0.2) is 5.78 Å². The Morgan fingerprint density at radius 3 is 2.29 bits per heavy atom. The average molecular weight is 572 g/mol. The molecule has 42 heavy (non-hydrogen) atoms. The molecule has 0 amide bonds. The fourth-order valence-corrected chi connectivity index (χ4v) is 5.38. The van der Waals surface area contributed by atoms with E-state index >= 15 is 0 Å². The Morgan fingerprint density at radius 2 is 1.69 bits per heavy atom. The average Bonchev–Trinajstić information content (AvgIpc) is 3.38. The van der Waals surface area contributed by atoms with Crippen molar-refractivity contribution in [3.63, 3.8) is 0 Å². The summed E-state index contributed by atoms with van der Waals surface area (Å²) in [4.78, 5) is 23.6. The zero-order valence-electron chi connectivity index (χ0n) is 26.3. The van der Waals surface area contributed by atoms with Gasteiger partial charge in [0, 0.05) is 54.1 Å². The first-order valence-electron chi connectivity index (χ1n) is 15.2. The highest BCUT2D eigenvalue weighted by Gasteiger charge is 2.27.